The van der Waals surface area contributed by atoms with Gasteiger partial charge >= 0.3 is 11.7 Å². The van der Waals surface area contributed by atoms with Crippen molar-refractivity contribution in [2.45, 2.75) is 6.42 Å². The molecular formula is C17H15N3O5. The molecule has 3 rings (SSSR count). The summed E-state index contributed by atoms with van der Waals surface area (Å²) in [5, 5.41) is 3.27. The van der Waals surface area contributed by atoms with Crippen LogP contribution in [0.5, 0.6) is 0 Å². The van der Waals surface area contributed by atoms with E-state index in [2.05, 4.69) is 10.3 Å². The number of nitrogens with one attached hydrogen (secondary N) is 1. The fraction of sp³-hybridized carbons (Fsp3) is 0.176. The first kappa shape index (κ1) is 16.4. The molecule has 0 radical (unpaired) electrons. The first-order chi connectivity index (χ1) is 12.1. The minimum Gasteiger partial charge on any atom is -0.449 e. The van der Waals surface area contributed by atoms with E-state index in [0.717, 1.165) is 0 Å². The minimum absolute atomic E-state index is 0.0610. The molecule has 8 nitrogen and oxygen atoms in total. The number of para-hydroxylation sites is 1. The molecule has 0 bridgehead atoms. The van der Waals surface area contributed by atoms with Crippen molar-refractivity contribution in [3.05, 3.63) is 65.0 Å². The third kappa shape index (κ3) is 3.92. The monoisotopic (exact) mass is 341 g/mol. The molecule has 8 heteroatoms. The lowest BCUT2D eigenvalue weighted by molar-refractivity contribution is 0.0946. The summed E-state index contributed by atoms with van der Waals surface area (Å²) >= 11 is 0. The van der Waals surface area contributed by atoms with Crippen molar-refractivity contribution in [3.8, 4) is 0 Å². The molecule has 0 saturated heterocycles. The van der Waals surface area contributed by atoms with E-state index in [-0.39, 0.29) is 18.7 Å². The molecule has 0 aliphatic rings. The lowest BCUT2D eigenvalue weighted by Gasteiger charge is -2.06. The number of hydrogen-bond donors (Lipinski definition) is 1. The number of benzene rings is 1. The van der Waals surface area contributed by atoms with Gasteiger partial charge in [-0.2, -0.15) is 0 Å². The van der Waals surface area contributed by atoms with E-state index in [1.807, 2.05) is 0 Å². The number of carbonyl (C=O) groups is 2. The topological polar surface area (TPSA) is 103 Å². The van der Waals surface area contributed by atoms with Crippen molar-refractivity contribution in [1.82, 2.24) is 14.9 Å². The molecule has 128 valence electrons. The molecular weight excluding hydrogens is 326 g/mol. The second kappa shape index (κ2) is 7.43. The minimum atomic E-state index is -0.692. The number of imidazole rings is 1. The lowest BCUT2D eigenvalue weighted by atomic mass is 10.2. The van der Waals surface area contributed by atoms with Crippen molar-refractivity contribution in [3.63, 3.8) is 0 Å². The van der Waals surface area contributed by atoms with Crippen LogP contribution in [-0.4, -0.2) is 34.7 Å². The van der Waals surface area contributed by atoms with Gasteiger partial charge in [0.2, 0.25) is 0 Å². The van der Waals surface area contributed by atoms with E-state index < -0.39 is 17.6 Å². The highest BCUT2D eigenvalue weighted by Crippen LogP contribution is 2.12. The largest absolute Gasteiger partial charge is 0.449 e. The van der Waals surface area contributed by atoms with Crippen LogP contribution in [0.3, 0.4) is 0 Å². The van der Waals surface area contributed by atoms with Crippen LogP contribution in [-0.2, 0) is 4.74 Å². The zero-order chi connectivity index (χ0) is 17.6. The van der Waals surface area contributed by atoms with Gasteiger partial charge < -0.3 is 14.5 Å². The highest BCUT2D eigenvalue weighted by Gasteiger charge is 2.13. The zero-order valence-corrected chi connectivity index (χ0v) is 13.2. The molecule has 1 N–H and O–H groups in total. The van der Waals surface area contributed by atoms with Crippen LogP contribution in [0.2, 0.25) is 0 Å². The van der Waals surface area contributed by atoms with Gasteiger partial charge in [0.05, 0.1) is 6.61 Å². The number of amides is 1. The van der Waals surface area contributed by atoms with Crippen molar-refractivity contribution in [2.75, 3.05) is 13.2 Å². The van der Waals surface area contributed by atoms with E-state index in [1.165, 1.54) is 29.4 Å². The third-order valence-electron chi connectivity index (χ3n) is 3.43. The van der Waals surface area contributed by atoms with E-state index in [1.54, 1.807) is 24.3 Å². The number of aromatic nitrogens is 2. The number of carbonyl (C=O) groups excluding carboxylic acids is 2. The summed E-state index contributed by atoms with van der Waals surface area (Å²) in [6.45, 7) is 0.381. The Hall–Kier alpha value is -3.42. The molecule has 0 unspecified atom stereocenters. The van der Waals surface area contributed by atoms with Gasteiger partial charge in [-0.05, 0) is 18.6 Å². The van der Waals surface area contributed by atoms with Gasteiger partial charge in [-0.25, -0.2) is 19.1 Å². The number of hydrogen-bond acceptors (Lipinski definition) is 6. The van der Waals surface area contributed by atoms with Crippen LogP contribution in [0, 0.1) is 0 Å². The van der Waals surface area contributed by atoms with Crippen molar-refractivity contribution < 1.29 is 18.7 Å². The van der Waals surface area contributed by atoms with Gasteiger partial charge in [-0.15, -0.1) is 0 Å². The van der Waals surface area contributed by atoms with Crippen molar-refractivity contribution in [2.24, 2.45) is 0 Å². The quantitative estimate of drug-likeness (QED) is 0.560. The van der Waals surface area contributed by atoms with E-state index in [0.29, 0.717) is 17.4 Å². The fourth-order valence-corrected chi connectivity index (χ4v) is 2.19. The Balaban J connectivity index is 1.50. The molecule has 0 aliphatic heterocycles. The summed E-state index contributed by atoms with van der Waals surface area (Å²) in [4.78, 5) is 39.3. The van der Waals surface area contributed by atoms with Gasteiger partial charge in [-0.1, -0.05) is 18.2 Å². The van der Waals surface area contributed by atoms with Gasteiger partial charge in [-0.3, -0.25) is 4.79 Å². The molecule has 1 aromatic carbocycles. The Morgan fingerprint density at radius 3 is 2.92 bits per heavy atom. The molecule has 0 saturated carbocycles. The second-order valence-corrected chi connectivity index (χ2v) is 5.18. The Labute approximate surface area is 142 Å². The molecule has 0 atom stereocenters. The molecule has 0 spiro atoms. The van der Waals surface area contributed by atoms with Gasteiger partial charge in [0.1, 0.15) is 17.5 Å². The van der Waals surface area contributed by atoms with Gasteiger partial charge in [0.15, 0.2) is 0 Å². The van der Waals surface area contributed by atoms with E-state index in [4.69, 9.17) is 9.15 Å². The summed E-state index contributed by atoms with van der Waals surface area (Å²) in [6, 6.07) is 8.45. The van der Waals surface area contributed by atoms with Crippen LogP contribution < -0.4 is 10.9 Å². The van der Waals surface area contributed by atoms with E-state index >= 15 is 0 Å². The highest BCUT2D eigenvalue weighted by molar-refractivity contribution is 5.96. The summed E-state index contributed by atoms with van der Waals surface area (Å²) < 4.78 is 11.3. The highest BCUT2D eigenvalue weighted by atomic mass is 16.5. The lowest BCUT2D eigenvalue weighted by Crippen LogP contribution is -2.29. The zero-order valence-electron chi connectivity index (χ0n) is 13.2. The van der Waals surface area contributed by atoms with Crippen molar-refractivity contribution >= 4 is 23.0 Å². The summed E-state index contributed by atoms with van der Waals surface area (Å²) in [5.41, 5.74) is -0.327. The Kier molecular flexibility index (Phi) is 4.89. The standard InChI is InChI=1S/C17H15N3O5/c21-15(13-10-12-4-1-2-5-14(12)25-16(13)22)19-6-3-9-24-17(23)20-8-7-18-11-20/h1-2,4-5,7-8,10-11H,3,6,9H2,(H,19,21). The van der Waals surface area contributed by atoms with Crippen LogP contribution in [0.1, 0.15) is 16.8 Å². The third-order valence-corrected chi connectivity index (χ3v) is 3.43. The van der Waals surface area contributed by atoms with Crippen LogP contribution in [0.4, 0.5) is 4.79 Å². The average molecular weight is 341 g/mol. The summed E-state index contributed by atoms with van der Waals surface area (Å²) in [5.74, 6) is -0.527. The molecule has 0 fully saturated rings. The Morgan fingerprint density at radius 1 is 1.28 bits per heavy atom. The maximum absolute atomic E-state index is 12.1. The predicted molar refractivity (Wildman–Crippen MR) is 88.4 cm³/mol. The van der Waals surface area contributed by atoms with E-state index in [9.17, 15) is 14.4 Å². The van der Waals surface area contributed by atoms with Gasteiger partial charge in [0.25, 0.3) is 5.91 Å². The fourth-order valence-electron chi connectivity index (χ4n) is 2.19. The van der Waals surface area contributed by atoms with Crippen molar-refractivity contribution in [1.29, 1.82) is 0 Å². The Morgan fingerprint density at radius 2 is 2.12 bits per heavy atom. The second-order valence-electron chi connectivity index (χ2n) is 5.18. The van der Waals surface area contributed by atoms with Crippen LogP contribution >= 0.6 is 0 Å². The number of rotatable bonds is 5. The Bertz CT molecular complexity index is 946. The molecule has 2 heterocycles. The smallest absolute Gasteiger partial charge is 0.419 e. The molecule has 1 amide bonds. The molecule has 3 aromatic rings. The molecule has 0 aliphatic carbocycles. The maximum atomic E-state index is 12.1. The predicted octanol–water partition coefficient (Wildman–Crippen LogP) is 1.79. The van der Waals surface area contributed by atoms with Crippen LogP contribution in [0.15, 0.2) is 58.3 Å². The molecule has 2 aromatic heterocycles. The first-order valence-corrected chi connectivity index (χ1v) is 7.61. The number of fused-ring (bicyclic) bond motifs is 1. The molecule has 25 heavy (non-hydrogen) atoms. The SMILES string of the molecule is O=C(NCCCOC(=O)n1ccnc1)c1cc2ccccc2oc1=O. The normalized spacial score (nSPS) is 10.6. The van der Waals surface area contributed by atoms with Gasteiger partial charge in [0, 0.05) is 24.3 Å². The summed E-state index contributed by atoms with van der Waals surface area (Å²) in [7, 11) is 0. The number of ether oxygens (including phenoxy) is 1. The maximum Gasteiger partial charge on any atom is 0.419 e. The number of nitrogens with zero attached hydrogens (tertiary/aromatic N) is 2. The average Bonchev–Trinajstić information content (AvgIpc) is 3.15. The van der Waals surface area contributed by atoms with Crippen LogP contribution in [0.25, 0.3) is 11.0 Å². The summed E-state index contributed by atoms with van der Waals surface area (Å²) in [6.07, 6.45) is 4.15. The first-order valence-electron chi connectivity index (χ1n) is 7.61.